The zero-order valence-electron chi connectivity index (χ0n) is 15.6. The van der Waals surface area contributed by atoms with Gasteiger partial charge in [0, 0.05) is 6.20 Å². The number of nitrogens with one attached hydrogen (secondary N) is 2. The molecule has 2 aliphatic heterocycles. The van der Waals surface area contributed by atoms with E-state index in [0.29, 0.717) is 24.6 Å². The van der Waals surface area contributed by atoms with Crippen molar-refractivity contribution in [2.75, 3.05) is 32.0 Å². The first-order valence-electron chi connectivity index (χ1n) is 9.63. The molecule has 1 aliphatic carbocycles. The van der Waals surface area contributed by atoms with Crippen molar-refractivity contribution in [3.8, 4) is 0 Å². The summed E-state index contributed by atoms with van der Waals surface area (Å²) in [7, 11) is 2.11. The third-order valence-electron chi connectivity index (χ3n) is 5.95. The molecule has 0 unspecified atom stereocenters. The molecule has 3 heterocycles. The highest BCUT2D eigenvalue weighted by atomic mass is 16.2. The monoisotopic (exact) mass is 374 g/mol. The highest BCUT2D eigenvalue weighted by Gasteiger charge is 2.52. The van der Waals surface area contributed by atoms with Crippen LogP contribution in [0.2, 0.25) is 0 Å². The molecule has 9 nitrogen and oxygen atoms in total. The lowest BCUT2D eigenvalue weighted by molar-refractivity contribution is -0.133. The molecule has 0 radical (unpaired) electrons. The molecule has 27 heavy (non-hydrogen) atoms. The van der Waals surface area contributed by atoms with Crippen LogP contribution in [0.3, 0.4) is 0 Å². The van der Waals surface area contributed by atoms with E-state index < -0.39 is 17.5 Å². The molecule has 1 saturated carbocycles. The van der Waals surface area contributed by atoms with Crippen LogP contribution in [-0.4, -0.2) is 69.6 Å². The van der Waals surface area contributed by atoms with E-state index in [4.69, 9.17) is 0 Å². The summed E-state index contributed by atoms with van der Waals surface area (Å²) in [4.78, 5) is 40.5. The molecule has 4 amide bonds. The number of hydrogen-bond acceptors (Lipinski definition) is 5. The van der Waals surface area contributed by atoms with Crippen molar-refractivity contribution in [1.82, 2.24) is 24.9 Å². The topological polar surface area (TPSA) is 99.6 Å². The maximum Gasteiger partial charge on any atom is 0.325 e. The Balaban J connectivity index is 1.35. The van der Waals surface area contributed by atoms with E-state index in [1.807, 2.05) is 10.9 Å². The van der Waals surface area contributed by atoms with E-state index in [1.54, 1.807) is 6.20 Å². The Bertz CT molecular complexity index is 746. The van der Waals surface area contributed by atoms with Crippen LogP contribution in [0, 0.1) is 0 Å². The van der Waals surface area contributed by atoms with Crippen molar-refractivity contribution in [3.63, 3.8) is 0 Å². The van der Waals surface area contributed by atoms with Gasteiger partial charge in [0.25, 0.3) is 5.91 Å². The first-order chi connectivity index (χ1) is 13.0. The molecule has 3 fully saturated rings. The molecule has 0 atom stereocenters. The van der Waals surface area contributed by atoms with Crippen LogP contribution in [0.25, 0.3) is 0 Å². The summed E-state index contributed by atoms with van der Waals surface area (Å²) in [6.45, 7) is 1.78. The number of aromatic nitrogens is 2. The number of imide groups is 1. The van der Waals surface area contributed by atoms with Gasteiger partial charge in [0.1, 0.15) is 12.1 Å². The Kier molecular flexibility index (Phi) is 4.63. The van der Waals surface area contributed by atoms with Crippen LogP contribution in [0.4, 0.5) is 10.5 Å². The lowest BCUT2D eigenvalue weighted by atomic mass is 9.98. The van der Waals surface area contributed by atoms with Crippen LogP contribution in [-0.2, 0) is 9.59 Å². The van der Waals surface area contributed by atoms with Gasteiger partial charge in [0.2, 0.25) is 5.91 Å². The molecule has 0 aromatic carbocycles. The van der Waals surface area contributed by atoms with Crippen LogP contribution < -0.4 is 10.6 Å². The third-order valence-corrected chi connectivity index (χ3v) is 5.95. The minimum atomic E-state index is -0.781. The Morgan fingerprint density at radius 3 is 2.70 bits per heavy atom. The van der Waals surface area contributed by atoms with Crippen molar-refractivity contribution in [2.24, 2.45) is 0 Å². The Hall–Kier alpha value is -2.42. The predicted octanol–water partition coefficient (Wildman–Crippen LogP) is 0.953. The van der Waals surface area contributed by atoms with Gasteiger partial charge in [-0.1, -0.05) is 12.8 Å². The van der Waals surface area contributed by atoms with Crippen molar-refractivity contribution in [2.45, 2.75) is 50.1 Å². The minimum absolute atomic E-state index is 0.272. The SMILES string of the molecule is CN1CCC(n2cc(NC(=O)CN3C(=O)NC4(CCCC4)C3=O)cn2)CC1. The lowest BCUT2D eigenvalue weighted by Gasteiger charge is -2.28. The summed E-state index contributed by atoms with van der Waals surface area (Å²) in [6, 6.07) is -0.140. The zero-order valence-corrected chi connectivity index (χ0v) is 15.6. The smallest absolute Gasteiger partial charge is 0.323 e. The van der Waals surface area contributed by atoms with Crippen LogP contribution in [0.15, 0.2) is 12.4 Å². The Morgan fingerprint density at radius 1 is 1.30 bits per heavy atom. The van der Waals surface area contributed by atoms with Crippen molar-refractivity contribution < 1.29 is 14.4 Å². The van der Waals surface area contributed by atoms with E-state index >= 15 is 0 Å². The number of anilines is 1. The standard InChI is InChI=1S/C18H26N6O3/c1-22-8-4-14(5-9-22)24-11-13(10-19-24)20-15(25)12-23-16(26)18(21-17(23)27)6-2-3-7-18/h10-11,14H,2-9,12H2,1H3,(H,20,25)(H,21,27). The van der Waals surface area contributed by atoms with E-state index in [-0.39, 0.29) is 12.5 Å². The minimum Gasteiger partial charge on any atom is -0.323 e. The summed E-state index contributed by atoms with van der Waals surface area (Å²) in [5.74, 6) is -0.668. The molecule has 2 N–H and O–H groups in total. The van der Waals surface area contributed by atoms with Gasteiger partial charge in [-0.3, -0.25) is 19.2 Å². The molecule has 0 bridgehead atoms. The number of hydrogen-bond donors (Lipinski definition) is 2. The van der Waals surface area contributed by atoms with E-state index in [1.165, 1.54) is 0 Å². The van der Waals surface area contributed by atoms with Crippen molar-refractivity contribution in [1.29, 1.82) is 0 Å². The first kappa shape index (κ1) is 18.0. The molecule has 3 aliphatic rings. The zero-order chi connectivity index (χ0) is 19.0. The second-order valence-electron chi connectivity index (χ2n) is 7.90. The quantitative estimate of drug-likeness (QED) is 0.765. The van der Waals surface area contributed by atoms with Gasteiger partial charge < -0.3 is 15.5 Å². The molecule has 1 aromatic rings. The number of carbonyl (C=O) groups is 3. The van der Waals surface area contributed by atoms with E-state index in [2.05, 4.69) is 27.7 Å². The highest BCUT2D eigenvalue weighted by Crippen LogP contribution is 2.34. The Morgan fingerprint density at radius 2 is 2.00 bits per heavy atom. The first-order valence-corrected chi connectivity index (χ1v) is 9.63. The highest BCUT2D eigenvalue weighted by molar-refractivity contribution is 6.10. The fourth-order valence-corrected chi connectivity index (χ4v) is 4.34. The van der Waals surface area contributed by atoms with Gasteiger partial charge in [0.05, 0.1) is 17.9 Å². The van der Waals surface area contributed by atoms with Gasteiger partial charge in [-0.15, -0.1) is 0 Å². The van der Waals surface area contributed by atoms with Gasteiger partial charge in [-0.05, 0) is 45.8 Å². The number of piperidine rings is 1. The Labute approximate surface area is 158 Å². The second-order valence-corrected chi connectivity index (χ2v) is 7.90. The normalized spacial score (nSPS) is 23.2. The summed E-state index contributed by atoms with van der Waals surface area (Å²) in [6.07, 6.45) is 8.62. The van der Waals surface area contributed by atoms with Crippen LogP contribution in [0.1, 0.15) is 44.6 Å². The number of likely N-dealkylation sites (tertiary alicyclic amines) is 1. The maximum absolute atomic E-state index is 12.6. The summed E-state index contributed by atoms with van der Waals surface area (Å²) in [5.41, 5.74) is -0.197. The number of nitrogens with zero attached hydrogens (tertiary/aromatic N) is 4. The van der Waals surface area contributed by atoms with Crippen LogP contribution in [0.5, 0.6) is 0 Å². The molecular formula is C18H26N6O3. The van der Waals surface area contributed by atoms with Crippen molar-refractivity contribution in [3.05, 3.63) is 12.4 Å². The maximum atomic E-state index is 12.6. The second kappa shape index (κ2) is 6.95. The van der Waals surface area contributed by atoms with Gasteiger partial charge in [-0.25, -0.2) is 4.79 Å². The summed E-state index contributed by atoms with van der Waals surface area (Å²) in [5, 5.41) is 9.90. The number of rotatable bonds is 4. The van der Waals surface area contributed by atoms with Gasteiger partial charge in [-0.2, -0.15) is 5.10 Å². The summed E-state index contributed by atoms with van der Waals surface area (Å²) < 4.78 is 1.89. The number of carbonyl (C=O) groups excluding carboxylic acids is 3. The number of urea groups is 1. The predicted molar refractivity (Wildman–Crippen MR) is 98.1 cm³/mol. The molecule has 1 aromatic heterocycles. The largest absolute Gasteiger partial charge is 0.325 e. The van der Waals surface area contributed by atoms with E-state index in [9.17, 15) is 14.4 Å². The molecule has 146 valence electrons. The average molecular weight is 374 g/mol. The molecule has 4 rings (SSSR count). The van der Waals surface area contributed by atoms with Gasteiger partial charge >= 0.3 is 6.03 Å². The molecular weight excluding hydrogens is 348 g/mol. The lowest BCUT2D eigenvalue weighted by Crippen LogP contribution is -2.44. The van der Waals surface area contributed by atoms with Crippen molar-refractivity contribution >= 4 is 23.5 Å². The molecule has 1 spiro atoms. The fraction of sp³-hybridized carbons (Fsp3) is 0.667. The van der Waals surface area contributed by atoms with Gasteiger partial charge in [0.15, 0.2) is 0 Å². The summed E-state index contributed by atoms with van der Waals surface area (Å²) >= 11 is 0. The molecule has 9 heteroatoms. The van der Waals surface area contributed by atoms with E-state index in [0.717, 1.165) is 43.7 Å². The fourth-order valence-electron chi connectivity index (χ4n) is 4.34. The third kappa shape index (κ3) is 3.43. The average Bonchev–Trinajstić information content (AvgIpc) is 3.34. The molecule has 2 saturated heterocycles. The van der Waals surface area contributed by atoms with Crippen LogP contribution >= 0.6 is 0 Å². The number of amides is 4.